The first-order chi connectivity index (χ1) is 6.34. The van der Waals surface area contributed by atoms with Gasteiger partial charge in [0.25, 0.3) is 0 Å². The Kier molecular flexibility index (Phi) is 3.44. The van der Waals surface area contributed by atoms with E-state index in [4.69, 9.17) is 0 Å². The zero-order valence-electron chi connectivity index (χ0n) is 6.60. The number of pyridine rings is 1. The maximum absolute atomic E-state index is 11.0. The Hall–Kier alpha value is -1.91. The summed E-state index contributed by atoms with van der Waals surface area (Å²) in [6, 6.07) is 3.14. The van der Waals surface area contributed by atoms with Crippen molar-refractivity contribution < 1.29 is 19.1 Å². The molecule has 1 rings (SSSR count). The second kappa shape index (κ2) is 4.87. The lowest BCUT2D eigenvalue weighted by Gasteiger charge is -2.00. The van der Waals surface area contributed by atoms with Gasteiger partial charge in [0.15, 0.2) is 0 Å². The smallest absolute Gasteiger partial charge is 0.420 e. The molecular formula is C8H6NO4. The molecular weight excluding hydrogens is 174 g/mol. The molecule has 0 atom stereocenters. The zero-order valence-corrected chi connectivity index (χ0v) is 6.60. The fraction of sp³-hybridized carbons (Fsp3) is 0.125. The van der Waals surface area contributed by atoms with Crippen molar-refractivity contribution in [2.75, 3.05) is 6.79 Å². The molecule has 5 heteroatoms. The molecule has 0 saturated heterocycles. The number of ether oxygens (including phenoxy) is 2. The Morgan fingerprint density at radius 3 is 3.08 bits per heavy atom. The highest BCUT2D eigenvalue weighted by Crippen LogP contribution is 1.98. The van der Waals surface area contributed by atoms with E-state index in [1.807, 2.05) is 0 Å². The molecule has 0 saturated carbocycles. The number of hydrogen-bond acceptors (Lipinski definition) is 5. The minimum atomic E-state index is -0.594. The number of nitrogens with zero attached hydrogens (tertiary/aromatic N) is 1. The van der Waals surface area contributed by atoms with Crippen LogP contribution in [-0.4, -0.2) is 24.2 Å². The van der Waals surface area contributed by atoms with Crippen molar-refractivity contribution in [3.05, 3.63) is 30.1 Å². The van der Waals surface area contributed by atoms with Crippen molar-refractivity contribution in [2.24, 2.45) is 0 Å². The van der Waals surface area contributed by atoms with Gasteiger partial charge in [0.05, 0.1) is 5.56 Å². The van der Waals surface area contributed by atoms with E-state index in [1.54, 1.807) is 12.1 Å². The fourth-order valence-corrected chi connectivity index (χ4v) is 0.674. The van der Waals surface area contributed by atoms with Crippen molar-refractivity contribution in [1.29, 1.82) is 0 Å². The molecule has 0 N–H and O–H groups in total. The van der Waals surface area contributed by atoms with Gasteiger partial charge in [0.1, 0.15) is 0 Å². The van der Waals surface area contributed by atoms with Crippen molar-refractivity contribution in [1.82, 2.24) is 4.98 Å². The molecule has 1 radical (unpaired) electrons. The predicted octanol–water partition coefficient (Wildman–Crippen LogP) is 0.280. The molecule has 13 heavy (non-hydrogen) atoms. The number of hydrogen-bond donors (Lipinski definition) is 0. The standard InChI is InChI=1S/C8H6NO4/c10-5-12-6-13-8(11)7-2-1-3-9-4-7/h1-4H,6H2. The van der Waals surface area contributed by atoms with E-state index in [1.165, 1.54) is 12.4 Å². The average Bonchev–Trinajstić information content (AvgIpc) is 2.19. The summed E-state index contributed by atoms with van der Waals surface area (Å²) in [5.74, 6) is -0.594. The van der Waals surface area contributed by atoms with Crippen molar-refractivity contribution in [2.45, 2.75) is 0 Å². The molecule has 0 spiro atoms. The van der Waals surface area contributed by atoms with Gasteiger partial charge < -0.3 is 9.47 Å². The summed E-state index contributed by atoms with van der Waals surface area (Å²) in [5, 5.41) is 0. The highest BCUT2D eigenvalue weighted by atomic mass is 16.7. The minimum Gasteiger partial charge on any atom is -0.424 e. The molecule has 1 aromatic heterocycles. The van der Waals surface area contributed by atoms with Gasteiger partial charge in [-0.2, -0.15) is 0 Å². The maximum atomic E-state index is 11.0. The lowest BCUT2D eigenvalue weighted by Crippen LogP contribution is -2.08. The number of esters is 1. The summed E-state index contributed by atoms with van der Waals surface area (Å²) in [5.41, 5.74) is 0.303. The third kappa shape index (κ3) is 2.90. The Morgan fingerprint density at radius 1 is 1.62 bits per heavy atom. The van der Waals surface area contributed by atoms with Gasteiger partial charge in [-0.15, -0.1) is 0 Å². The third-order valence-electron chi connectivity index (χ3n) is 1.21. The van der Waals surface area contributed by atoms with Gasteiger partial charge in [0.2, 0.25) is 6.79 Å². The Labute approximate surface area is 74.3 Å². The summed E-state index contributed by atoms with van der Waals surface area (Å²) in [7, 11) is 0. The molecule has 67 valence electrons. The molecule has 0 aliphatic heterocycles. The molecule has 0 aromatic carbocycles. The van der Waals surface area contributed by atoms with Gasteiger partial charge in [-0.25, -0.2) is 9.59 Å². The molecule has 1 heterocycles. The topological polar surface area (TPSA) is 65.5 Å². The molecule has 0 aliphatic rings. The first-order valence-electron chi connectivity index (χ1n) is 3.40. The first-order valence-corrected chi connectivity index (χ1v) is 3.40. The van der Waals surface area contributed by atoms with Crippen LogP contribution in [0, 0.1) is 0 Å². The van der Waals surface area contributed by atoms with Gasteiger partial charge >= 0.3 is 12.4 Å². The molecule has 1 aromatic rings. The number of rotatable bonds is 4. The number of carbonyl (C=O) groups excluding carboxylic acids is 2. The van der Waals surface area contributed by atoms with E-state index < -0.39 is 12.8 Å². The quantitative estimate of drug-likeness (QED) is 0.378. The average molecular weight is 180 g/mol. The van der Waals surface area contributed by atoms with E-state index in [-0.39, 0.29) is 0 Å². The number of carbonyl (C=O) groups is 1. The van der Waals surface area contributed by atoms with Crippen molar-refractivity contribution in [3.8, 4) is 0 Å². The van der Waals surface area contributed by atoms with Crippen LogP contribution in [-0.2, 0) is 14.3 Å². The van der Waals surface area contributed by atoms with Crippen LogP contribution in [0.15, 0.2) is 24.5 Å². The van der Waals surface area contributed by atoms with Crippen LogP contribution in [0.25, 0.3) is 0 Å². The van der Waals surface area contributed by atoms with Gasteiger partial charge in [-0.1, -0.05) is 0 Å². The summed E-state index contributed by atoms with van der Waals surface area (Å²) in [6.45, 7) is 0.698. The van der Waals surface area contributed by atoms with Crippen LogP contribution in [0.5, 0.6) is 0 Å². The fourth-order valence-electron chi connectivity index (χ4n) is 0.674. The van der Waals surface area contributed by atoms with Gasteiger partial charge in [-0.3, -0.25) is 4.98 Å². The Morgan fingerprint density at radius 2 is 2.46 bits per heavy atom. The largest absolute Gasteiger partial charge is 0.424 e. The molecule has 0 aliphatic carbocycles. The zero-order chi connectivity index (χ0) is 9.52. The lowest BCUT2D eigenvalue weighted by atomic mass is 10.3. The summed E-state index contributed by atoms with van der Waals surface area (Å²) in [4.78, 5) is 24.3. The Bertz CT molecular complexity index is 285. The second-order valence-electron chi connectivity index (χ2n) is 2.02. The van der Waals surface area contributed by atoms with E-state index in [0.29, 0.717) is 5.56 Å². The van der Waals surface area contributed by atoms with Crippen LogP contribution < -0.4 is 0 Å². The van der Waals surface area contributed by atoms with Crippen LogP contribution in [0.1, 0.15) is 10.4 Å². The summed E-state index contributed by atoms with van der Waals surface area (Å²) < 4.78 is 8.56. The summed E-state index contributed by atoms with van der Waals surface area (Å²) in [6.07, 6.45) is 2.89. The lowest BCUT2D eigenvalue weighted by molar-refractivity contribution is 0.0106. The minimum absolute atomic E-state index is 0.303. The van der Waals surface area contributed by atoms with Gasteiger partial charge in [-0.05, 0) is 12.1 Å². The van der Waals surface area contributed by atoms with E-state index in [2.05, 4.69) is 14.5 Å². The van der Waals surface area contributed by atoms with E-state index in [9.17, 15) is 9.59 Å². The molecule has 0 fully saturated rings. The van der Waals surface area contributed by atoms with E-state index >= 15 is 0 Å². The van der Waals surface area contributed by atoms with Crippen molar-refractivity contribution in [3.63, 3.8) is 0 Å². The van der Waals surface area contributed by atoms with E-state index in [0.717, 1.165) is 6.47 Å². The molecule has 0 amide bonds. The van der Waals surface area contributed by atoms with Gasteiger partial charge in [0, 0.05) is 12.4 Å². The highest BCUT2D eigenvalue weighted by Gasteiger charge is 2.05. The first kappa shape index (κ1) is 9.18. The molecule has 0 unspecified atom stereocenters. The Balaban J connectivity index is 2.45. The monoisotopic (exact) mass is 180 g/mol. The normalized spacial score (nSPS) is 8.92. The maximum Gasteiger partial charge on any atom is 0.420 e. The van der Waals surface area contributed by atoms with Crippen molar-refractivity contribution >= 4 is 12.4 Å². The highest BCUT2D eigenvalue weighted by molar-refractivity contribution is 5.88. The summed E-state index contributed by atoms with van der Waals surface area (Å²) >= 11 is 0. The second-order valence-corrected chi connectivity index (χ2v) is 2.02. The SMILES string of the molecule is O=[C]OCOC(=O)c1cccnc1. The van der Waals surface area contributed by atoms with Crippen LogP contribution in [0.2, 0.25) is 0 Å². The molecule has 5 nitrogen and oxygen atoms in total. The third-order valence-corrected chi connectivity index (χ3v) is 1.21. The van der Waals surface area contributed by atoms with Crippen LogP contribution >= 0.6 is 0 Å². The predicted molar refractivity (Wildman–Crippen MR) is 41.3 cm³/mol. The van der Waals surface area contributed by atoms with Crippen LogP contribution in [0.3, 0.4) is 0 Å². The molecule has 0 bridgehead atoms. The van der Waals surface area contributed by atoms with Crippen LogP contribution in [0.4, 0.5) is 0 Å². The number of aromatic nitrogens is 1.